The third kappa shape index (κ3) is 3.60. The molecular weight excluding hydrogens is 196 g/mol. The molecule has 1 unspecified atom stereocenters. The van der Waals surface area contributed by atoms with Crippen molar-refractivity contribution in [3.05, 3.63) is 11.6 Å². The number of hydrogen-bond donors (Lipinski definition) is 1. The molecule has 0 aromatic rings. The van der Waals surface area contributed by atoms with E-state index in [0.29, 0.717) is 0 Å². The van der Waals surface area contributed by atoms with Gasteiger partial charge in [-0.05, 0) is 32.6 Å². The normalized spacial score (nSPS) is 24.2. The lowest BCUT2D eigenvalue weighted by Gasteiger charge is -2.34. The van der Waals surface area contributed by atoms with E-state index in [9.17, 15) is 0 Å². The molecule has 2 aliphatic rings. The van der Waals surface area contributed by atoms with Gasteiger partial charge in [0.05, 0.1) is 0 Å². The minimum absolute atomic E-state index is 0.759. The SMILES string of the molecule is CCCC(CNC1CC1)N1CCC=C(C)C1. The Bertz CT molecular complexity index is 243. The zero-order valence-corrected chi connectivity index (χ0v) is 10.8. The first-order valence-electron chi connectivity index (χ1n) is 6.92. The average Bonchev–Trinajstić information content (AvgIpc) is 3.08. The van der Waals surface area contributed by atoms with Crippen LogP contribution < -0.4 is 5.32 Å². The van der Waals surface area contributed by atoms with Crippen LogP contribution in [0.2, 0.25) is 0 Å². The molecule has 2 heteroatoms. The minimum Gasteiger partial charge on any atom is -0.312 e. The fourth-order valence-corrected chi connectivity index (χ4v) is 2.59. The van der Waals surface area contributed by atoms with Gasteiger partial charge in [-0.2, -0.15) is 0 Å². The van der Waals surface area contributed by atoms with Crippen molar-refractivity contribution in [3.63, 3.8) is 0 Å². The van der Waals surface area contributed by atoms with Crippen LogP contribution in [0.4, 0.5) is 0 Å². The van der Waals surface area contributed by atoms with Crippen LogP contribution in [0, 0.1) is 0 Å². The van der Waals surface area contributed by atoms with Gasteiger partial charge in [-0.25, -0.2) is 0 Å². The molecule has 1 heterocycles. The summed E-state index contributed by atoms with van der Waals surface area (Å²) in [5.41, 5.74) is 1.55. The average molecular weight is 222 g/mol. The highest BCUT2D eigenvalue weighted by Crippen LogP contribution is 2.20. The molecule has 0 radical (unpaired) electrons. The van der Waals surface area contributed by atoms with Gasteiger partial charge in [0.1, 0.15) is 0 Å². The van der Waals surface area contributed by atoms with Gasteiger partial charge >= 0.3 is 0 Å². The smallest absolute Gasteiger partial charge is 0.0224 e. The number of rotatable bonds is 6. The number of nitrogens with one attached hydrogen (secondary N) is 1. The molecule has 1 atom stereocenters. The highest BCUT2D eigenvalue weighted by Gasteiger charge is 2.24. The Kier molecular flexibility index (Phi) is 4.42. The van der Waals surface area contributed by atoms with Crippen LogP contribution in [-0.4, -0.2) is 36.6 Å². The van der Waals surface area contributed by atoms with Crippen molar-refractivity contribution in [3.8, 4) is 0 Å². The molecule has 1 aliphatic heterocycles. The third-order valence-corrected chi connectivity index (χ3v) is 3.72. The molecule has 1 fully saturated rings. The lowest BCUT2D eigenvalue weighted by atomic mass is 10.1. The maximum atomic E-state index is 3.69. The Morgan fingerprint density at radius 3 is 2.94 bits per heavy atom. The van der Waals surface area contributed by atoms with E-state index in [1.165, 1.54) is 51.7 Å². The molecule has 16 heavy (non-hydrogen) atoms. The molecule has 1 N–H and O–H groups in total. The summed E-state index contributed by atoms with van der Waals surface area (Å²) in [6, 6.07) is 1.61. The van der Waals surface area contributed by atoms with Gasteiger partial charge in [-0.1, -0.05) is 25.0 Å². The van der Waals surface area contributed by atoms with E-state index in [2.05, 4.69) is 30.1 Å². The predicted octanol–water partition coefficient (Wildman–Crippen LogP) is 2.56. The molecule has 0 amide bonds. The van der Waals surface area contributed by atoms with E-state index >= 15 is 0 Å². The van der Waals surface area contributed by atoms with Crippen molar-refractivity contribution < 1.29 is 0 Å². The second kappa shape index (κ2) is 5.83. The van der Waals surface area contributed by atoms with E-state index in [1.807, 2.05) is 0 Å². The van der Waals surface area contributed by atoms with Gasteiger partial charge < -0.3 is 5.32 Å². The number of nitrogens with zero attached hydrogens (tertiary/aromatic N) is 1. The Morgan fingerprint density at radius 1 is 1.50 bits per heavy atom. The van der Waals surface area contributed by atoms with Gasteiger partial charge in [0.2, 0.25) is 0 Å². The Hall–Kier alpha value is -0.340. The van der Waals surface area contributed by atoms with Crippen LogP contribution in [0.5, 0.6) is 0 Å². The highest BCUT2D eigenvalue weighted by molar-refractivity contribution is 5.05. The van der Waals surface area contributed by atoms with Crippen molar-refractivity contribution in [2.75, 3.05) is 19.6 Å². The summed E-state index contributed by atoms with van der Waals surface area (Å²) in [4.78, 5) is 2.67. The first-order chi connectivity index (χ1) is 7.79. The van der Waals surface area contributed by atoms with Gasteiger partial charge in [-0.3, -0.25) is 4.90 Å². The molecule has 0 saturated heterocycles. The van der Waals surface area contributed by atoms with Crippen molar-refractivity contribution in [2.24, 2.45) is 0 Å². The molecule has 1 saturated carbocycles. The van der Waals surface area contributed by atoms with E-state index in [1.54, 1.807) is 5.57 Å². The molecule has 0 aromatic carbocycles. The summed E-state index contributed by atoms with van der Waals surface area (Å²) in [6.45, 7) is 8.22. The topological polar surface area (TPSA) is 15.3 Å². The van der Waals surface area contributed by atoms with E-state index in [0.717, 1.165) is 12.1 Å². The van der Waals surface area contributed by atoms with Crippen molar-refractivity contribution in [2.45, 2.75) is 58.0 Å². The summed E-state index contributed by atoms with van der Waals surface area (Å²) < 4.78 is 0. The van der Waals surface area contributed by atoms with Gasteiger partial charge in [0, 0.05) is 31.7 Å². The molecule has 0 aromatic heterocycles. The fourth-order valence-electron chi connectivity index (χ4n) is 2.59. The summed E-state index contributed by atoms with van der Waals surface area (Å²) in [5.74, 6) is 0. The van der Waals surface area contributed by atoms with Crippen LogP contribution in [0.3, 0.4) is 0 Å². The van der Waals surface area contributed by atoms with Gasteiger partial charge in [0.15, 0.2) is 0 Å². The van der Waals surface area contributed by atoms with Crippen LogP contribution in [0.15, 0.2) is 11.6 Å². The first-order valence-corrected chi connectivity index (χ1v) is 6.92. The monoisotopic (exact) mass is 222 g/mol. The Morgan fingerprint density at radius 2 is 2.31 bits per heavy atom. The maximum absolute atomic E-state index is 3.69. The largest absolute Gasteiger partial charge is 0.312 e. The lowest BCUT2D eigenvalue weighted by molar-refractivity contribution is 0.191. The van der Waals surface area contributed by atoms with E-state index in [4.69, 9.17) is 0 Å². The predicted molar refractivity (Wildman–Crippen MR) is 69.7 cm³/mol. The van der Waals surface area contributed by atoms with Crippen LogP contribution in [0.1, 0.15) is 46.0 Å². The second-order valence-electron chi connectivity index (χ2n) is 5.43. The van der Waals surface area contributed by atoms with Crippen LogP contribution in [0.25, 0.3) is 0 Å². The zero-order chi connectivity index (χ0) is 11.4. The Labute approximate surface area is 100 Å². The maximum Gasteiger partial charge on any atom is 0.0224 e. The standard InChI is InChI=1S/C14H26N2/c1-3-5-14(10-15-13-7-8-13)16-9-4-6-12(2)11-16/h6,13-15H,3-5,7-11H2,1-2H3. The fraction of sp³-hybridized carbons (Fsp3) is 0.857. The molecule has 0 bridgehead atoms. The quantitative estimate of drug-likeness (QED) is 0.695. The first kappa shape index (κ1) is 12.1. The highest BCUT2D eigenvalue weighted by atomic mass is 15.2. The lowest BCUT2D eigenvalue weighted by Crippen LogP contribution is -2.45. The summed E-state index contributed by atoms with van der Waals surface area (Å²) in [5, 5.41) is 3.69. The van der Waals surface area contributed by atoms with Gasteiger partial charge in [-0.15, -0.1) is 0 Å². The van der Waals surface area contributed by atoms with Crippen LogP contribution in [-0.2, 0) is 0 Å². The number of hydrogen-bond acceptors (Lipinski definition) is 2. The third-order valence-electron chi connectivity index (χ3n) is 3.72. The molecule has 92 valence electrons. The zero-order valence-electron chi connectivity index (χ0n) is 10.8. The minimum atomic E-state index is 0.759. The van der Waals surface area contributed by atoms with Crippen molar-refractivity contribution >= 4 is 0 Å². The molecular formula is C14H26N2. The molecule has 2 rings (SSSR count). The van der Waals surface area contributed by atoms with Crippen molar-refractivity contribution in [1.82, 2.24) is 10.2 Å². The van der Waals surface area contributed by atoms with E-state index in [-0.39, 0.29) is 0 Å². The van der Waals surface area contributed by atoms with Crippen LogP contribution >= 0.6 is 0 Å². The van der Waals surface area contributed by atoms with Gasteiger partial charge in [0.25, 0.3) is 0 Å². The summed E-state index contributed by atoms with van der Waals surface area (Å²) >= 11 is 0. The Balaban J connectivity index is 1.81. The molecule has 0 spiro atoms. The molecule has 2 nitrogen and oxygen atoms in total. The van der Waals surface area contributed by atoms with E-state index < -0.39 is 0 Å². The summed E-state index contributed by atoms with van der Waals surface area (Å²) in [7, 11) is 0. The molecule has 1 aliphatic carbocycles. The van der Waals surface area contributed by atoms with Crippen molar-refractivity contribution in [1.29, 1.82) is 0 Å². The second-order valence-corrected chi connectivity index (χ2v) is 5.43. The summed E-state index contributed by atoms with van der Waals surface area (Å²) in [6.07, 6.45) is 9.09.